The molecule has 1 saturated carbocycles. The normalized spacial score (nSPS) is 27.8. The van der Waals surface area contributed by atoms with Crippen LogP contribution in [0.3, 0.4) is 0 Å². The molecule has 1 aromatic carbocycles. The van der Waals surface area contributed by atoms with Gasteiger partial charge < -0.3 is 9.47 Å². The number of benzene rings is 1. The summed E-state index contributed by atoms with van der Waals surface area (Å²) in [5.41, 5.74) is 0.311. The van der Waals surface area contributed by atoms with Crippen molar-refractivity contribution < 1.29 is 23.0 Å². The number of rotatable bonds is 2. The molecule has 1 aliphatic carbocycles. The zero-order valence-electron chi connectivity index (χ0n) is 9.78. The molecule has 3 nitrogen and oxygen atoms in total. The monoisotopic (exact) mass is 254 g/mol. The third-order valence-corrected chi connectivity index (χ3v) is 3.55. The number of esters is 1. The van der Waals surface area contributed by atoms with Gasteiger partial charge in [0.25, 0.3) is 0 Å². The Bertz CT molecular complexity index is 515. The Labute approximate surface area is 103 Å². The molecule has 5 heteroatoms. The van der Waals surface area contributed by atoms with Gasteiger partial charge in [-0.05, 0) is 6.92 Å². The molecule has 1 heterocycles. The first kappa shape index (κ1) is 11.4. The van der Waals surface area contributed by atoms with Crippen LogP contribution in [0, 0.1) is 23.5 Å². The van der Waals surface area contributed by atoms with Crippen LogP contribution in [-0.2, 0) is 9.53 Å². The smallest absolute Gasteiger partial charge is 0.309 e. The van der Waals surface area contributed by atoms with E-state index >= 15 is 0 Å². The zero-order valence-corrected chi connectivity index (χ0v) is 9.78. The molecule has 2 aliphatic rings. The van der Waals surface area contributed by atoms with Crippen LogP contribution in [0.4, 0.5) is 8.78 Å². The third kappa shape index (κ3) is 1.57. The SMILES string of the molecule is CCOC(=O)[C@@H]1[C@@H]2COc3cc(F)cc(F)c3[C@@H]21. The average Bonchev–Trinajstić information content (AvgIpc) is 3.02. The fraction of sp³-hybridized carbons (Fsp3) is 0.462. The molecule has 96 valence electrons. The summed E-state index contributed by atoms with van der Waals surface area (Å²) in [6.07, 6.45) is 0. The minimum atomic E-state index is -0.668. The number of hydrogen-bond donors (Lipinski definition) is 0. The largest absolute Gasteiger partial charge is 0.493 e. The first-order valence-corrected chi connectivity index (χ1v) is 5.92. The van der Waals surface area contributed by atoms with E-state index in [0.29, 0.717) is 18.8 Å². The molecule has 0 saturated heterocycles. The van der Waals surface area contributed by atoms with Crippen molar-refractivity contribution in [1.82, 2.24) is 0 Å². The quantitative estimate of drug-likeness (QED) is 0.759. The van der Waals surface area contributed by atoms with Gasteiger partial charge in [0.2, 0.25) is 0 Å². The maximum Gasteiger partial charge on any atom is 0.309 e. The van der Waals surface area contributed by atoms with E-state index in [9.17, 15) is 13.6 Å². The van der Waals surface area contributed by atoms with E-state index in [1.165, 1.54) is 0 Å². The molecule has 0 unspecified atom stereocenters. The summed E-state index contributed by atoms with van der Waals surface area (Å²) < 4.78 is 37.1. The predicted molar refractivity (Wildman–Crippen MR) is 58.2 cm³/mol. The number of halogens is 2. The molecule has 3 rings (SSSR count). The van der Waals surface area contributed by atoms with Crippen LogP contribution in [0.1, 0.15) is 18.4 Å². The molecule has 0 radical (unpaired) electrons. The second kappa shape index (κ2) is 3.93. The minimum absolute atomic E-state index is 0.0449. The summed E-state index contributed by atoms with van der Waals surface area (Å²) in [4.78, 5) is 11.7. The van der Waals surface area contributed by atoms with Gasteiger partial charge in [0.15, 0.2) is 0 Å². The number of carbonyl (C=O) groups excluding carboxylic acids is 1. The van der Waals surface area contributed by atoms with Crippen molar-refractivity contribution in [3.05, 3.63) is 29.3 Å². The van der Waals surface area contributed by atoms with E-state index in [1.807, 2.05) is 0 Å². The molecule has 1 aliphatic heterocycles. The van der Waals surface area contributed by atoms with Crippen LogP contribution in [0.25, 0.3) is 0 Å². The van der Waals surface area contributed by atoms with Gasteiger partial charge in [0, 0.05) is 29.5 Å². The lowest BCUT2D eigenvalue weighted by atomic mass is 10.0. The molecular formula is C13H12F2O3. The van der Waals surface area contributed by atoms with Crippen molar-refractivity contribution in [2.75, 3.05) is 13.2 Å². The van der Waals surface area contributed by atoms with Gasteiger partial charge in [0.1, 0.15) is 17.4 Å². The van der Waals surface area contributed by atoms with Crippen molar-refractivity contribution in [3.63, 3.8) is 0 Å². The first-order chi connectivity index (χ1) is 8.63. The highest BCUT2D eigenvalue weighted by Crippen LogP contribution is 2.60. The summed E-state index contributed by atoms with van der Waals surface area (Å²) in [6, 6.07) is 1.99. The van der Waals surface area contributed by atoms with E-state index in [0.717, 1.165) is 12.1 Å². The molecule has 3 atom stereocenters. The highest BCUT2D eigenvalue weighted by Gasteiger charge is 2.60. The van der Waals surface area contributed by atoms with E-state index < -0.39 is 11.6 Å². The second-order valence-electron chi connectivity index (χ2n) is 4.58. The number of ether oxygens (including phenoxy) is 2. The Morgan fingerprint density at radius 3 is 3.00 bits per heavy atom. The van der Waals surface area contributed by atoms with Gasteiger partial charge in [0.05, 0.1) is 19.1 Å². The highest BCUT2D eigenvalue weighted by molar-refractivity contribution is 5.79. The number of fused-ring (bicyclic) bond motifs is 3. The Balaban J connectivity index is 1.93. The molecule has 1 aromatic rings. The molecule has 0 bridgehead atoms. The second-order valence-corrected chi connectivity index (χ2v) is 4.58. The van der Waals surface area contributed by atoms with Crippen molar-refractivity contribution in [1.29, 1.82) is 0 Å². The summed E-state index contributed by atoms with van der Waals surface area (Å²) >= 11 is 0. The molecule has 1 fully saturated rings. The van der Waals surface area contributed by atoms with E-state index in [-0.39, 0.29) is 29.5 Å². The maximum absolute atomic E-state index is 13.8. The van der Waals surface area contributed by atoms with Crippen LogP contribution in [0.2, 0.25) is 0 Å². The summed E-state index contributed by atoms with van der Waals surface area (Å²) in [7, 11) is 0. The lowest BCUT2D eigenvalue weighted by molar-refractivity contribution is -0.145. The average molecular weight is 254 g/mol. The van der Waals surface area contributed by atoms with E-state index in [1.54, 1.807) is 6.92 Å². The van der Waals surface area contributed by atoms with E-state index in [2.05, 4.69) is 0 Å². The number of hydrogen-bond acceptors (Lipinski definition) is 3. The summed E-state index contributed by atoms with van der Waals surface area (Å²) in [5, 5.41) is 0. The Kier molecular flexibility index (Phi) is 2.50. The molecule has 0 spiro atoms. The Morgan fingerprint density at radius 2 is 2.28 bits per heavy atom. The van der Waals surface area contributed by atoms with Crippen LogP contribution in [0.15, 0.2) is 12.1 Å². The predicted octanol–water partition coefficient (Wildman–Crippen LogP) is 2.25. The molecule has 0 N–H and O–H groups in total. The summed E-state index contributed by atoms with van der Waals surface area (Å²) in [6.45, 7) is 2.34. The fourth-order valence-electron chi connectivity index (χ4n) is 2.72. The van der Waals surface area contributed by atoms with Crippen LogP contribution >= 0.6 is 0 Å². The standard InChI is InChI=1S/C13H12F2O3/c1-2-17-13(16)11-7-5-18-9-4-6(14)3-8(15)12(9)10(7)11/h3-4,7,10-11H,2,5H2,1H3/t7-,10+,11-/m1/s1. The third-order valence-electron chi connectivity index (χ3n) is 3.55. The van der Waals surface area contributed by atoms with Gasteiger partial charge >= 0.3 is 5.97 Å². The minimum Gasteiger partial charge on any atom is -0.493 e. The lowest BCUT2D eigenvalue weighted by Gasteiger charge is -2.16. The lowest BCUT2D eigenvalue weighted by Crippen LogP contribution is -2.11. The van der Waals surface area contributed by atoms with Crippen molar-refractivity contribution in [2.45, 2.75) is 12.8 Å². The summed E-state index contributed by atoms with van der Waals surface area (Å²) in [5.74, 6) is -2.06. The molecule has 0 amide bonds. The van der Waals surface area contributed by atoms with Crippen molar-refractivity contribution >= 4 is 5.97 Å². The van der Waals surface area contributed by atoms with Gasteiger partial charge in [-0.15, -0.1) is 0 Å². The number of carbonyl (C=O) groups is 1. The zero-order chi connectivity index (χ0) is 12.9. The first-order valence-electron chi connectivity index (χ1n) is 5.92. The van der Waals surface area contributed by atoms with E-state index in [4.69, 9.17) is 9.47 Å². The fourth-order valence-corrected chi connectivity index (χ4v) is 2.72. The van der Waals surface area contributed by atoms with Crippen LogP contribution < -0.4 is 4.74 Å². The van der Waals surface area contributed by atoms with Gasteiger partial charge in [-0.25, -0.2) is 8.78 Å². The van der Waals surface area contributed by atoms with Gasteiger partial charge in [-0.2, -0.15) is 0 Å². The van der Waals surface area contributed by atoms with Crippen LogP contribution in [0.5, 0.6) is 5.75 Å². The molecular weight excluding hydrogens is 242 g/mol. The Hall–Kier alpha value is -1.65. The van der Waals surface area contributed by atoms with Gasteiger partial charge in [-0.1, -0.05) is 0 Å². The highest BCUT2D eigenvalue weighted by atomic mass is 19.1. The molecule has 0 aromatic heterocycles. The van der Waals surface area contributed by atoms with Crippen LogP contribution in [-0.4, -0.2) is 19.2 Å². The molecule has 18 heavy (non-hydrogen) atoms. The van der Waals surface area contributed by atoms with Crippen molar-refractivity contribution in [2.24, 2.45) is 11.8 Å². The Morgan fingerprint density at radius 1 is 1.50 bits per heavy atom. The van der Waals surface area contributed by atoms with Crippen molar-refractivity contribution in [3.8, 4) is 5.75 Å². The van der Waals surface area contributed by atoms with Gasteiger partial charge in [-0.3, -0.25) is 4.79 Å². The maximum atomic E-state index is 13.8. The topological polar surface area (TPSA) is 35.5 Å².